The molecule has 0 spiro atoms. The van der Waals surface area contributed by atoms with Crippen molar-refractivity contribution >= 4 is 17.8 Å². The molecule has 0 aliphatic carbocycles. The van der Waals surface area contributed by atoms with Crippen LogP contribution in [0.1, 0.15) is 296 Å². The second kappa shape index (κ2) is 47.1. The first-order valence-corrected chi connectivity index (χ1v) is 25.7. The summed E-state index contributed by atoms with van der Waals surface area (Å²) in [6, 6.07) is 0. The number of nitrogens with one attached hydrogen (secondary N) is 1. The highest BCUT2D eigenvalue weighted by atomic mass is 16.5. The van der Waals surface area contributed by atoms with E-state index < -0.39 is 5.97 Å². The smallest absolute Gasteiger partial charge is 0.322 e. The van der Waals surface area contributed by atoms with Gasteiger partial charge in [0.15, 0.2) is 0 Å². The summed E-state index contributed by atoms with van der Waals surface area (Å²) < 4.78 is 6.07. The van der Waals surface area contributed by atoms with Gasteiger partial charge in [0.25, 0.3) is 0 Å². The molecule has 6 heteroatoms. The van der Waals surface area contributed by atoms with Crippen LogP contribution in [0.2, 0.25) is 0 Å². The summed E-state index contributed by atoms with van der Waals surface area (Å²) in [5.74, 6) is -1.20. The van der Waals surface area contributed by atoms with Crippen molar-refractivity contribution in [2.45, 2.75) is 302 Å². The van der Waals surface area contributed by atoms with Gasteiger partial charge in [-0.1, -0.05) is 245 Å². The normalized spacial score (nSPS) is 11.9. The number of rotatable bonds is 48. The Kier molecular flexibility index (Phi) is 45.8. The highest BCUT2D eigenvalue weighted by molar-refractivity contribution is 5.80. The number of aliphatic carboxylic acids is 1. The lowest BCUT2D eigenvalue weighted by Crippen LogP contribution is -2.28. The minimum Gasteiger partial charge on any atom is -0.480 e. The van der Waals surface area contributed by atoms with Crippen LogP contribution in [0.5, 0.6) is 0 Å². The molecule has 2 N–H and O–H groups in total. The van der Waals surface area contributed by atoms with Crippen molar-refractivity contribution in [3.05, 3.63) is 0 Å². The zero-order valence-electron chi connectivity index (χ0n) is 38.5. The molecule has 0 radical (unpaired) electrons. The Bertz CT molecular complexity index is 847. The average Bonchev–Trinajstić information content (AvgIpc) is 3.20. The Hall–Kier alpha value is -1.59. The zero-order chi connectivity index (χ0) is 41.5. The van der Waals surface area contributed by atoms with Crippen molar-refractivity contribution in [1.82, 2.24) is 5.32 Å². The number of amides is 1. The number of carbonyl (C=O) groups excluding carboxylic acids is 2. The second-order valence-corrected chi connectivity index (χ2v) is 17.8. The SMILES string of the molecule is CCCCCCCCCCCCCCCCCCCCCCCC(=O)OC(CCCCCCCCCCCCCCCC)CCCCCCCC(=O)NCC(=O)O. The molecule has 1 amide bonds. The highest BCUT2D eigenvalue weighted by Crippen LogP contribution is 2.20. The fourth-order valence-corrected chi connectivity index (χ4v) is 8.23. The third-order valence-electron chi connectivity index (χ3n) is 12.0. The summed E-state index contributed by atoms with van der Waals surface area (Å²) in [5, 5.41) is 11.1. The molecule has 0 aliphatic rings. The Balaban J connectivity index is 4.01. The van der Waals surface area contributed by atoms with Crippen LogP contribution in [-0.4, -0.2) is 35.6 Å². The molecule has 57 heavy (non-hydrogen) atoms. The number of esters is 1. The van der Waals surface area contributed by atoms with E-state index in [4.69, 9.17) is 9.84 Å². The van der Waals surface area contributed by atoms with Crippen LogP contribution in [-0.2, 0) is 19.1 Å². The first-order valence-electron chi connectivity index (χ1n) is 25.7. The first kappa shape index (κ1) is 55.4. The van der Waals surface area contributed by atoms with Crippen molar-refractivity contribution in [2.75, 3.05) is 6.54 Å². The van der Waals surface area contributed by atoms with E-state index in [1.165, 1.54) is 205 Å². The van der Waals surface area contributed by atoms with Crippen LogP contribution in [0.4, 0.5) is 0 Å². The minimum atomic E-state index is -1.01. The van der Waals surface area contributed by atoms with Crippen molar-refractivity contribution in [2.24, 2.45) is 0 Å². The van der Waals surface area contributed by atoms with Gasteiger partial charge in [0.2, 0.25) is 5.91 Å². The highest BCUT2D eigenvalue weighted by Gasteiger charge is 2.14. The minimum absolute atomic E-state index is 0.00413. The summed E-state index contributed by atoms with van der Waals surface area (Å²) >= 11 is 0. The van der Waals surface area contributed by atoms with Crippen LogP contribution in [0, 0.1) is 0 Å². The van der Waals surface area contributed by atoms with Crippen molar-refractivity contribution in [3.8, 4) is 0 Å². The number of carboxylic acids is 1. The maximum absolute atomic E-state index is 12.8. The molecule has 0 aromatic rings. The van der Waals surface area contributed by atoms with Gasteiger partial charge < -0.3 is 15.2 Å². The predicted molar refractivity (Wildman–Crippen MR) is 245 cm³/mol. The number of carboxylic acid groups (broad SMARTS) is 1. The third kappa shape index (κ3) is 47.0. The molecule has 0 aromatic carbocycles. The molecule has 0 heterocycles. The molecule has 0 saturated heterocycles. The van der Waals surface area contributed by atoms with Crippen LogP contribution in [0.25, 0.3) is 0 Å². The fraction of sp³-hybridized carbons (Fsp3) is 0.941. The van der Waals surface area contributed by atoms with Gasteiger partial charge in [-0.15, -0.1) is 0 Å². The van der Waals surface area contributed by atoms with Gasteiger partial charge in [-0.05, 0) is 38.5 Å². The lowest BCUT2D eigenvalue weighted by Gasteiger charge is -2.18. The summed E-state index contributed by atoms with van der Waals surface area (Å²) in [5.41, 5.74) is 0. The van der Waals surface area contributed by atoms with E-state index in [9.17, 15) is 14.4 Å². The standard InChI is InChI=1S/C51H99NO5/c1-3-5-7-9-11-13-15-17-19-20-21-22-23-24-25-27-29-31-33-38-42-46-51(56)57-48(44-40-36-34-37-41-45-49(53)52-47-50(54)55)43-39-35-32-30-28-26-18-16-14-12-10-8-6-4-2/h48H,3-47H2,1-2H3,(H,52,53)(H,54,55). The molecule has 0 fully saturated rings. The Morgan fingerprint density at radius 2 is 0.649 bits per heavy atom. The fourth-order valence-electron chi connectivity index (χ4n) is 8.23. The molecule has 0 aromatic heterocycles. The summed E-state index contributed by atoms with van der Waals surface area (Å²) in [4.78, 5) is 35.2. The molecule has 0 saturated carbocycles. The third-order valence-corrected chi connectivity index (χ3v) is 12.0. The lowest BCUT2D eigenvalue weighted by molar-refractivity contribution is -0.150. The van der Waals surface area contributed by atoms with Crippen LogP contribution in [0.15, 0.2) is 0 Å². The van der Waals surface area contributed by atoms with Gasteiger partial charge in [0.05, 0.1) is 0 Å². The van der Waals surface area contributed by atoms with Crippen molar-refractivity contribution in [3.63, 3.8) is 0 Å². The number of hydrogen-bond donors (Lipinski definition) is 2. The van der Waals surface area contributed by atoms with E-state index >= 15 is 0 Å². The van der Waals surface area contributed by atoms with E-state index in [-0.39, 0.29) is 24.5 Å². The number of hydrogen-bond acceptors (Lipinski definition) is 4. The maximum Gasteiger partial charge on any atom is 0.322 e. The predicted octanol–water partition coefficient (Wildman–Crippen LogP) is 16.3. The van der Waals surface area contributed by atoms with Crippen molar-refractivity contribution < 1.29 is 24.2 Å². The quantitative estimate of drug-likeness (QED) is 0.0472. The molecule has 0 rings (SSSR count). The first-order chi connectivity index (χ1) is 28.0. The molecular formula is C51H99NO5. The molecule has 6 nitrogen and oxygen atoms in total. The topological polar surface area (TPSA) is 92.7 Å². The van der Waals surface area contributed by atoms with Gasteiger partial charge in [-0.25, -0.2) is 0 Å². The van der Waals surface area contributed by atoms with E-state index in [0.717, 1.165) is 64.2 Å². The number of ether oxygens (including phenoxy) is 1. The van der Waals surface area contributed by atoms with Crippen LogP contribution < -0.4 is 5.32 Å². The van der Waals surface area contributed by atoms with Gasteiger partial charge >= 0.3 is 11.9 Å². The average molecular weight is 806 g/mol. The van der Waals surface area contributed by atoms with E-state index in [1.807, 2.05) is 0 Å². The van der Waals surface area contributed by atoms with Crippen LogP contribution >= 0.6 is 0 Å². The summed E-state index contributed by atoms with van der Waals surface area (Å²) in [7, 11) is 0. The molecule has 1 atom stereocenters. The van der Waals surface area contributed by atoms with Crippen LogP contribution in [0.3, 0.4) is 0 Å². The number of carbonyl (C=O) groups is 3. The Morgan fingerprint density at radius 1 is 0.386 bits per heavy atom. The Morgan fingerprint density at radius 3 is 0.947 bits per heavy atom. The van der Waals surface area contributed by atoms with E-state index in [0.29, 0.717) is 12.8 Å². The molecule has 1 unspecified atom stereocenters. The molecule has 0 aliphatic heterocycles. The van der Waals surface area contributed by atoms with Gasteiger partial charge in [0.1, 0.15) is 12.6 Å². The maximum atomic E-state index is 12.8. The Labute approximate surface area is 355 Å². The monoisotopic (exact) mass is 806 g/mol. The molecule has 338 valence electrons. The van der Waals surface area contributed by atoms with E-state index in [2.05, 4.69) is 19.2 Å². The van der Waals surface area contributed by atoms with Gasteiger partial charge in [-0.2, -0.15) is 0 Å². The largest absolute Gasteiger partial charge is 0.480 e. The van der Waals surface area contributed by atoms with Gasteiger partial charge in [-0.3, -0.25) is 14.4 Å². The number of unbranched alkanes of at least 4 members (excludes halogenated alkanes) is 37. The summed E-state index contributed by atoms with van der Waals surface area (Å²) in [6.07, 6.45) is 55.4. The second-order valence-electron chi connectivity index (χ2n) is 17.8. The van der Waals surface area contributed by atoms with E-state index in [1.54, 1.807) is 0 Å². The van der Waals surface area contributed by atoms with Gasteiger partial charge in [0, 0.05) is 12.8 Å². The lowest BCUT2D eigenvalue weighted by atomic mass is 10.0. The molecular weight excluding hydrogens is 707 g/mol. The summed E-state index contributed by atoms with van der Waals surface area (Å²) in [6.45, 7) is 4.27. The zero-order valence-corrected chi connectivity index (χ0v) is 38.5. The van der Waals surface area contributed by atoms with Crippen molar-refractivity contribution in [1.29, 1.82) is 0 Å². The molecule has 0 bridgehead atoms.